The lowest BCUT2D eigenvalue weighted by Crippen LogP contribution is -2.49. The van der Waals surface area contributed by atoms with Crippen LogP contribution in [0.1, 0.15) is 5.56 Å². The first-order valence-electron chi connectivity index (χ1n) is 5.23. The number of carbonyl (C=O) groups is 2. The molecule has 1 fully saturated rings. The minimum absolute atomic E-state index is 0.236. The number of piperazine rings is 1. The number of hydrogen-bond donors (Lipinski definition) is 3. The number of phenolic OH excluding ortho intramolecular Hbond substituents is 2. The van der Waals surface area contributed by atoms with Crippen molar-refractivity contribution in [3.05, 3.63) is 23.8 Å². The summed E-state index contributed by atoms with van der Waals surface area (Å²) in [4.78, 5) is 22.4. The summed E-state index contributed by atoms with van der Waals surface area (Å²) >= 11 is 0. The van der Waals surface area contributed by atoms with Crippen LogP contribution in [0.5, 0.6) is 11.5 Å². The molecule has 1 aromatic rings. The van der Waals surface area contributed by atoms with E-state index in [9.17, 15) is 14.7 Å². The number of aromatic hydroxyl groups is 2. The highest BCUT2D eigenvalue weighted by Crippen LogP contribution is 2.24. The maximum atomic E-state index is 11.4. The van der Waals surface area contributed by atoms with Crippen LogP contribution in [0, 0.1) is 0 Å². The molecule has 0 unspecified atom stereocenters. The molecule has 0 atom stereocenters. The number of hydrogen-bond acceptors (Lipinski definition) is 5. The van der Waals surface area contributed by atoms with E-state index in [2.05, 4.69) is 10.4 Å². The van der Waals surface area contributed by atoms with Crippen LogP contribution in [0.25, 0.3) is 0 Å². The van der Waals surface area contributed by atoms with Gasteiger partial charge in [-0.25, -0.2) is 5.01 Å². The average molecular weight is 249 g/mol. The normalized spacial score (nSPS) is 16.1. The summed E-state index contributed by atoms with van der Waals surface area (Å²) in [6.07, 6.45) is 1.33. The van der Waals surface area contributed by atoms with Gasteiger partial charge in [-0.05, 0) is 23.8 Å². The van der Waals surface area contributed by atoms with Gasteiger partial charge < -0.3 is 15.5 Å². The van der Waals surface area contributed by atoms with Gasteiger partial charge in [0.25, 0.3) is 0 Å². The van der Waals surface area contributed by atoms with E-state index in [0.29, 0.717) is 18.7 Å². The third kappa shape index (κ3) is 2.40. The summed E-state index contributed by atoms with van der Waals surface area (Å²) in [6, 6.07) is 4.13. The molecule has 7 nitrogen and oxygen atoms in total. The number of rotatable bonds is 2. The van der Waals surface area contributed by atoms with Gasteiger partial charge in [0.2, 0.25) is 0 Å². The van der Waals surface area contributed by atoms with Crippen molar-refractivity contribution in [2.24, 2.45) is 5.10 Å². The molecule has 2 rings (SSSR count). The van der Waals surface area contributed by atoms with Crippen molar-refractivity contribution in [3.63, 3.8) is 0 Å². The Hall–Kier alpha value is -2.57. The van der Waals surface area contributed by atoms with Gasteiger partial charge >= 0.3 is 11.8 Å². The monoisotopic (exact) mass is 249 g/mol. The van der Waals surface area contributed by atoms with Crippen molar-refractivity contribution in [2.75, 3.05) is 13.1 Å². The third-order valence-corrected chi connectivity index (χ3v) is 2.38. The fraction of sp³-hybridized carbons (Fsp3) is 0.182. The van der Waals surface area contributed by atoms with Crippen LogP contribution in [-0.4, -0.2) is 46.3 Å². The molecule has 1 aromatic carbocycles. The number of phenols is 2. The molecule has 1 heterocycles. The van der Waals surface area contributed by atoms with Gasteiger partial charge in [0, 0.05) is 6.54 Å². The molecule has 3 N–H and O–H groups in total. The van der Waals surface area contributed by atoms with Crippen LogP contribution in [0.2, 0.25) is 0 Å². The summed E-state index contributed by atoms with van der Waals surface area (Å²) in [5.41, 5.74) is 0.504. The van der Waals surface area contributed by atoms with Crippen LogP contribution < -0.4 is 5.32 Å². The molecule has 1 saturated heterocycles. The number of amides is 2. The average Bonchev–Trinajstić information content (AvgIpc) is 2.35. The van der Waals surface area contributed by atoms with E-state index in [1.54, 1.807) is 0 Å². The summed E-state index contributed by atoms with van der Waals surface area (Å²) in [7, 11) is 0. The van der Waals surface area contributed by atoms with Crippen molar-refractivity contribution in [2.45, 2.75) is 0 Å². The van der Waals surface area contributed by atoms with Gasteiger partial charge in [0.1, 0.15) is 0 Å². The van der Waals surface area contributed by atoms with E-state index < -0.39 is 11.8 Å². The third-order valence-electron chi connectivity index (χ3n) is 2.38. The van der Waals surface area contributed by atoms with Crippen molar-refractivity contribution >= 4 is 18.0 Å². The molecule has 1 aliphatic heterocycles. The number of nitrogens with zero attached hydrogens (tertiary/aromatic N) is 2. The summed E-state index contributed by atoms with van der Waals surface area (Å²) < 4.78 is 0. The van der Waals surface area contributed by atoms with Gasteiger partial charge in [-0.15, -0.1) is 0 Å². The van der Waals surface area contributed by atoms with E-state index in [1.807, 2.05) is 0 Å². The molecule has 0 radical (unpaired) electrons. The first-order chi connectivity index (χ1) is 8.58. The van der Waals surface area contributed by atoms with E-state index in [0.717, 1.165) is 5.01 Å². The Balaban J connectivity index is 2.12. The Labute approximate surface area is 102 Å². The highest BCUT2D eigenvalue weighted by atomic mass is 16.3. The second-order valence-corrected chi connectivity index (χ2v) is 3.68. The van der Waals surface area contributed by atoms with E-state index in [-0.39, 0.29) is 11.5 Å². The van der Waals surface area contributed by atoms with Gasteiger partial charge in [0.15, 0.2) is 11.5 Å². The lowest BCUT2D eigenvalue weighted by atomic mass is 10.2. The number of carbonyl (C=O) groups excluding carboxylic acids is 2. The summed E-state index contributed by atoms with van der Waals surface area (Å²) in [5, 5.41) is 25.7. The largest absolute Gasteiger partial charge is 0.504 e. The van der Waals surface area contributed by atoms with E-state index in [4.69, 9.17) is 5.11 Å². The highest BCUT2D eigenvalue weighted by molar-refractivity contribution is 6.35. The highest BCUT2D eigenvalue weighted by Gasteiger charge is 2.25. The molecular weight excluding hydrogens is 238 g/mol. The number of hydrazone groups is 1. The molecule has 0 aliphatic carbocycles. The Morgan fingerprint density at radius 3 is 2.78 bits per heavy atom. The molecule has 0 saturated carbocycles. The maximum absolute atomic E-state index is 11.4. The quantitative estimate of drug-likeness (QED) is 0.369. The molecule has 1 aliphatic rings. The molecule has 7 heteroatoms. The number of benzene rings is 1. The SMILES string of the molecule is O=C1NCCN(N=Cc2ccc(O)c(O)c2)C1=O. The van der Waals surface area contributed by atoms with Crippen molar-refractivity contribution in [1.29, 1.82) is 0 Å². The molecule has 0 aromatic heterocycles. The van der Waals surface area contributed by atoms with E-state index >= 15 is 0 Å². The van der Waals surface area contributed by atoms with Gasteiger partial charge in [-0.2, -0.15) is 5.10 Å². The first kappa shape index (κ1) is 11.9. The van der Waals surface area contributed by atoms with Gasteiger partial charge in [-0.1, -0.05) is 0 Å². The van der Waals surface area contributed by atoms with Crippen molar-refractivity contribution in [3.8, 4) is 11.5 Å². The van der Waals surface area contributed by atoms with Crippen molar-refractivity contribution in [1.82, 2.24) is 10.3 Å². The molecule has 94 valence electrons. The molecule has 0 spiro atoms. The van der Waals surface area contributed by atoms with Crippen LogP contribution in [0.4, 0.5) is 0 Å². The molecular formula is C11H11N3O4. The van der Waals surface area contributed by atoms with Crippen LogP contribution in [-0.2, 0) is 9.59 Å². The maximum Gasteiger partial charge on any atom is 0.331 e. The second kappa shape index (κ2) is 4.74. The Bertz CT molecular complexity index is 527. The fourth-order valence-electron chi connectivity index (χ4n) is 1.44. The smallest absolute Gasteiger partial charge is 0.331 e. The molecule has 2 amide bonds. The predicted octanol–water partition coefficient (Wildman–Crippen LogP) is -0.610. The zero-order valence-corrected chi connectivity index (χ0v) is 9.33. The zero-order chi connectivity index (χ0) is 13.1. The fourth-order valence-corrected chi connectivity index (χ4v) is 1.44. The lowest BCUT2D eigenvalue weighted by molar-refractivity contribution is -0.148. The minimum atomic E-state index is -0.722. The van der Waals surface area contributed by atoms with Crippen LogP contribution >= 0.6 is 0 Å². The Morgan fingerprint density at radius 1 is 1.28 bits per heavy atom. The minimum Gasteiger partial charge on any atom is -0.504 e. The lowest BCUT2D eigenvalue weighted by Gasteiger charge is -2.21. The molecule has 18 heavy (non-hydrogen) atoms. The second-order valence-electron chi connectivity index (χ2n) is 3.68. The summed E-state index contributed by atoms with van der Waals surface area (Å²) in [6.45, 7) is 0.647. The van der Waals surface area contributed by atoms with Gasteiger partial charge in [0.05, 0.1) is 12.8 Å². The first-order valence-corrected chi connectivity index (χ1v) is 5.23. The topological polar surface area (TPSA) is 102 Å². The Morgan fingerprint density at radius 2 is 2.06 bits per heavy atom. The standard InChI is InChI=1S/C11H11N3O4/c15-8-2-1-7(5-9(8)16)6-13-14-4-3-12-10(17)11(14)18/h1-2,5-6,15-16H,3-4H2,(H,12,17). The molecule has 0 bridgehead atoms. The predicted molar refractivity (Wildman–Crippen MR) is 62.1 cm³/mol. The number of nitrogens with one attached hydrogen (secondary N) is 1. The van der Waals surface area contributed by atoms with Crippen LogP contribution in [0.3, 0.4) is 0 Å². The summed E-state index contributed by atoms with van der Waals surface area (Å²) in [5.74, 6) is -1.92. The zero-order valence-electron chi connectivity index (χ0n) is 9.33. The Kier molecular flexibility index (Phi) is 3.13. The van der Waals surface area contributed by atoms with Gasteiger partial charge in [-0.3, -0.25) is 9.59 Å². The van der Waals surface area contributed by atoms with Crippen molar-refractivity contribution < 1.29 is 19.8 Å². The van der Waals surface area contributed by atoms with E-state index in [1.165, 1.54) is 24.4 Å². The van der Waals surface area contributed by atoms with Crippen LogP contribution in [0.15, 0.2) is 23.3 Å².